The van der Waals surface area contributed by atoms with E-state index in [0.717, 1.165) is 17.1 Å². The second-order valence-corrected chi connectivity index (χ2v) is 15.2. The summed E-state index contributed by atoms with van der Waals surface area (Å²) < 4.78 is 5.10. The minimum atomic E-state index is 0.0430. The molecule has 0 fully saturated rings. The minimum Gasteiger partial charge on any atom is -0.311 e. The molecule has 8 aromatic carbocycles. The van der Waals surface area contributed by atoms with Crippen LogP contribution in [0.5, 0.6) is 0 Å². The molecule has 0 atom stereocenters. The third-order valence-electron chi connectivity index (χ3n) is 11.3. The van der Waals surface area contributed by atoms with E-state index in [2.05, 4.69) is 196 Å². The van der Waals surface area contributed by atoms with Crippen molar-refractivity contribution in [1.29, 1.82) is 0 Å². The molecule has 5 heteroatoms. The topological polar surface area (TPSA) is 11.4 Å². The molecule has 12 rings (SSSR count). The van der Waals surface area contributed by atoms with Crippen LogP contribution in [0.15, 0.2) is 182 Å². The number of nitrogens with zero attached hydrogens (tertiary/aromatic N) is 3. The van der Waals surface area contributed by atoms with Gasteiger partial charge >= 0.3 is 0 Å². The van der Waals surface area contributed by atoms with Crippen molar-refractivity contribution in [3.8, 4) is 5.69 Å². The molecular weight excluding hydrogens is 661 g/mol. The predicted octanol–water partition coefficient (Wildman–Crippen LogP) is 11.2. The normalized spacial score (nSPS) is 13.2. The van der Waals surface area contributed by atoms with Crippen molar-refractivity contribution in [2.75, 3.05) is 9.80 Å². The van der Waals surface area contributed by atoms with Gasteiger partial charge < -0.3 is 14.4 Å². The maximum atomic E-state index is 2.53. The van der Waals surface area contributed by atoms with Crippen molar-refractivity contribution in [3.63, 3.8) is 0 Å². The molecule has 3 nitrogen and oxygen atoms in total. The van der Waals surface area contributed by atoms with Gasteiger partial charge in [-0.2, -0.15) is 0 Å². The van der Waals surface area contributed by atoms with Crippen molar-refractivity contribution >= 4 is 111 Å². The van der Waals surface area contributed by atoms with E-state index in [1.807, 2.05) is 11.3 Å². The van der Waals surface area contributed by atoms with Gasteiger partial charge in [-0.1, -0.05) is 115 Å². The van der Waals surface area contributed by atoms with E-state index in [4.69, 9.17) is 0 Å². The van der Waals surface area contributed by atoms with Gasteiger partial charge in [0.2, 0.25) is 0 Å². The second kappa shape index (κ2) is 11.0. The molecule has 246 valence electrons. The van der Waals surface area contributed by atoms with Crippen LogP contribution in [0.4, 0.5) is 34.1 Å². The van der Waals surface area contributed by atoms with Crippen molar-refractivity contribution in [2.24, 2.45) is 0 Å². The van der Waals surface area contributed by atoms with Crippen molar-refractivity contribution in [3.05, 3.63) is 182 Å². The van der Waals surface area contributed by atoms with Gasteiger partial charge in [0.25, 0.3) is 6.71 Å². The average molecular weight is 692 g/mol. The molecule has 4 heterocycles. The van der Waals surface area contributed by atoms with E-state index in [-0.39, 0.29) is 6.71 Å². The first kappa shape index (κ1) is 29.1. The van der Waals surface area contributed by atoms with E-state index in [1.54, 1.807) is 0 Å². The van der Waals surface area contributed by atoms with Crippen molar-refractivity contribution < 1.29 is 0 Å². The third kappa shape index (κ3) is 4.05. The summed E-state index contributed by atoms with van der Waals surface area (Å²) in [5.41, 5.74) is 14.7. The molecular formula is C48H30BN3S. The summed E-state index contributed by atoms with van der Waals surface area (Å²) in [4.78, 5) is 5.03. The van der Waals surface area contributed by atoms with Crippen LogP contribution in [0.3, 0.4) is 0 Å². The van der Waals surface area contributed by atoms with E-state index >= 15 is 0 Å². The summed E-state index contributed by atoms with van der Waals surface area (Å²) in [6, 6.07) is 67.2. The Labute approximate surface area is 311 Å². The van der Waals surface area contributed by atoms with Crippen LogP contribution in [0.1, 0.15) is 0 Å². The zero-order chi connectivity index (χ0) is 34.6. The van der Waals surface area contributed by atoms with E-state index in [0.29, 0.717) is 0 Å². The Hall–Kier alpha value is -6.56. The molecule has 2 aliphatic rings. The monoisotopic (exact) mass is 691 g/mol. The van der Waals surface area contributed by atoms with Crippen LogP contribution in [-0.4, -0.2) is 11.3 Å². The van der Waals surface area contributed by atoms with Crippen molar-refractivity contribution in [1.82, 2.24) is 4.57 Å². The Kier molecular flexibility index (Phi) is 6.02. The van der Waals surface area contributed by atoms with Crippen molar-refractivity contribution in [2.45, 2.75) is 0 Å². The molecule has 0 radical (unpaired) electrons. The number of benzene rings is 8. The summed E-state index contributed by atoms with van der Waals surface area (Å²) in [6.45, 7) is 0.0430. The van der Waals surface area contributed by atoms with Crippen LogP contribution >= 0.6 is 11.3 Å². The first-order chi connectivity index (χ1) is 26.3. The highest BCUT2D eigenvalue weighted by Crippen LogP contribution is 2.47. The molecule has 10 aromatic rings. The summed E-state index contributed by atoms with van der Waals surface area (Å²) in [5, 5.41) is 5.17. The lowest BCUT2D eigenvalue weighted by molar-refractivity contribution is 1.16. The maximum Gasteiger partial charge on any atom is 0.252 e. The fourth-order valence-corrected chi connectivity index (χ4v) is 10.3. The van der Waals surface area contributed by atoms with Gasteiger partial charge in [0, 0.05) is 59.7 Å². The third-order valence-corrected chi connectivity index (χ3v) is 12.5. The average Bonchev–Trinajstić information content (AvgIpc) is 3.76. The van der Waals surface area contributed by atoms with E-state index < -0.39 is 0 Å². The molecule has 53 heavy (non-hydrogen) atoms. The van der Waals surface area contributed by atoms with Gasteiger partial charge in [-0.25, -0.2) is 0 Å². The van der Waals surface area contributed by atoms with Gasteiger partial charge in [0.1, 0.15) is 0 Å². The number of hydrogen-bond acceptors (Lipinski definition) is 3. The highest BCUT2D eigenvalue weighted by atomic mass is 32.1. The smallest absolute Gasteiger partial charge is 0.252 e. The van der Waals surface area contributed by atoms with E-state index in [1.165, 1.54) is 81.1 Å². The first-order valence-electron chi connectivity index (χ1n) is 18.2. The summed E-state index contributed by atoms with van der Waals surface area (Å²) >= 11 is 1.89. The Balaban J connectivity index is 1.26. The molecule has 2 aromatic heterocycles. The SMILES string of the molecule is c1ccc(N2c3ccccc3B3c4cc5c(cc4N(c4ccccc4)c4cc(-n6c7ccccc7c7ccccc76)cc2c43)sc2ccccc25)cc1. The zero-order valence-electron chi connectivity index (χ0n) is 28.6. The number of rotatable bonds is 3. The standard InChI is InChI=1S/C48H30BN3S/c1-3-15-31(16-4-1)50-42-25-13-10-22-38(42)49-39-29-37-36-21-9-14-26-46(36)53-47(37)30-43(39)51(32-17-5-2-6-18-32)45-28-33(27-44(50)48(45)49)52-40-23-11-7-19-34(40)35-20-8-12-24-41(35)52/h1-30H. The van der Waals surface area contributed by atoms with Crippen LogP contribution in [-0.2, 0) is 0 Å². The Bertz CT molecular complexity index is 3040. The zero-order valence-corrected chi connectivity index (χ0v) is 29.5. The Morgan fingerprint density at radius 1 is 0.358 bits per heavy atom. The van der Waals surface area contributed by atoms with Gasteiger partial charge in [-0.15, -0.1) is 11.3 Å². The molecule has 0 aliphatic carbocycles. The highest BCUT2D eigenvalue weighted by Gasteiger charge is 2.44. The van der Waals surface area contributed by atoms with Crippen LogP contribution in [0.25, 0.3) is 47.7 Å². The quantitative estimate of drug-likeness (QED) is 0.171. The number of anilines is 6. The number of para-hydroxylation sites is 5. The summed E-state index contributed by atoms with van der Waals surface area (Å²) in [6.07, 6.45) is 0. The molecule has 0 unspecified atom stereocenters. The first-order valence-corrected chi connectivity index (χ1v) is 19.0. The van der Waals surface area contributed by atoms with Gasteiger partial charge in [-0.3, -0.25) is 0 Å². The molecule has 0 N–H and O–H groups in total. The number of hydrogen-bond donors (Lipinski definition) is 0. The minimum absolute atomic E-state index is 0.0430. The molecule has 0 spiro atoms. The summed E-state index contributed by atoms with van der Waals surface area (Å²) in [7, 11) is 0. The maximum absolute atomic E-state index is 2.53. The van der Waals surface area contributed by atoms with Crippen LogP contribution in [0.2, 0.25) is 0 Å². The summed E-state index contributed by atoms with van der Waals surface area (Å²) in [5.74, 6) is 0. The highest BCUT2D eigenvalue weighted by molar-refractivity contribution is 7.26. The molecule has 0 bridgehead atoms. The number of aromatic nitrogens is 1. The number of fused-ring (bicyclic) bond motifs is 10. The molecule has 0 amide bonds. The van der Waals surface area contributed by atoms with Gasteiger partial charge in [-0.05, 0) is 88.5 Å². The molecule has 0 saturated heterocycles. The van der Waals surface area contributed by atoms with Crippen LogP contribution < -0.4 is 26.2 Å². The Morgan fingerprint density at radius 3 is 1.58 bits per heavy atom. The lowest BCUT2D eigenvalue weighted by atomic mass is 9.33. The molecule has 0 saturated carbocycles. The lowest BCUT2D eigenvalue weighted by Gasteiger charge is -2.44. The van der Waals surface area contributed by atoms with Gasteiger partial charge in [0.15, 0.2) is 0 Å². The van der Waals surface area contributed by atoms with Crippen LogP contribution in [0, 0.1) is 0 Å². The van der Waals surface area contributed by atoms with E-state index in [9.17, 15) is 0 Å². The van der Waals surface area contributed by atoms with Gasteiger partial charge in [0.05, 0.1) is 16.7 Å². The predicted molar refractivity (Wildman–Crippen MR) is 228 cm³/mol. The number of thiophene rings is 1. The molecule has 2 aliphatic heterocycles. The fourth-order valence-electron chi connectivity index (χ4n) is 9.19. The Morgan fingerprint density at radius 2 is 0.906 bits per heavy atom. The lowest BCUT2D eigenvalue weighted by Crippen LogP contribution is -2.61. The fraction of sp³-hybridized carbons (Fsp3) is 0. The largest absolute Gasteiger partial charge is 0.311 e. The second-order valence-electron chi connectivity index (χ2n) is 14.1.